The van der Waals surface area contributed by atoms with Gasteiger partial charge in [-0.15, -0.1) is 0 Å². The minimum Gasteiger partial charge on any atom is -0.386 e. The molecule has 0 spiro atoms. The standard InChI is InChI=1S/C9H8ClFN2O2/c10-7-2-1-3-8(11)6(7)4-12-13-9(15)5-14/h1-4,14H,5H2,(H,13,15). The first-order valence-electron chi connectivity index (χ1n) is 4.02. The number of benzene rings is 1. The number of halogens is 2. The molecular formula is C9H8ClFN2O2. The molecule has 1 amide bonds. The molecule has 0 bridgehead atoms. The van der Waals surface area contributed by atoms with Gasteiger partial charge in [-0.2, -0.15) is 5.10 Å². The van der Waals surface area contributed by atoms with Crippen molar-refractivity contribution in [3.63, 3.8) is 0 Å². The van der Waals surface area contributed by atoms with Gasteiger partial charge in [0.15, 0.2) is 0 Å². The maximum Gasteiger partial charge on any atom is 0.265 e. The van der Waals surface area contributed by atoms with Crippen molar-refractivity contribution >= 4 is 23.7 Å². The van der Waals surface area contributed by atoms with E-state index in [1.165, 1.54) is 18.2 Å². The van der Waals surface area contributed by atoms with Gasteiger partial charge in [-0.1, -0.05) is 17.7 Å². The van der Waals surface area contributed by atoms with E-state index < -0.39 is 18.3 Å². The third kappa shape index (κ3) is 3.30. The number of nitrogens with zero attached hydrogens (tertiary/aromatic N) is 1. The van der Waals surface area contributed by atoms with Crippen LogP contribution in [0.3, 0.4) is 0 Å². The summed E-state index contributed by atoms with van der Waals surface area (Å²) in [5.74, 6) is -1.22. The summed E-state index contributed by atoms with van der Waals surface area (Å²) in [5.41, 5.74) is 2.07. The highest BCUT2D eigenvalue weighted by Crippen LogP contribution is 2.16. The van der Waals surface area contributed by atoms with Crippen LogP contribution >= 0.6 is 11.6 Å². The molecule has 0 saturated heterocycles. The summed E-state index contributed by atoms with van der Waals surface area (Å²) in [6.07, 6.45) is 1.07. The highest BCUT2D eigenvalue weighted by Gasteiger charge is 2.03. The predicted molar refractivity (Wildman–Crippen MR) is 54.2 cm³/mol. The molecule has 0 atom stereocenters. The van der Waals surface area contributed by atoms with Crippen molar-refractivity contribution in [1.82, 2.24) is 5.43 Å². The molecule has 4 nitrogen and oxygen atoms in total. The van der Waals surface area contributed by atoms with E-state index in [2.05, 4.69) is 5.10 Å². The van der Waals surface area contributed by atoms with E-state index in [9.17, 15) is 9.18 Å². The van der Waals surface area contributed by atoms with Crippen LogP contribution in [-0.4, -0.2) is 23.8 Å². The van der Waals surface area contributed by atoms with Crippen LogP contribution in [0.25, 0.3) is 0 Å². The highest BCUT2D eigenvalue weighted by atomic mass is 35.5. The van der Waals surface area contributed by atoms with Gasteiger partial charge in [-0.25, -0.2) is 9.82 Å². The summed E-state index contributed by atoms with van der Waals surface area (Å²) in [7, 11) is 0. The number of nitrogens with one attached hydrogen (secondary N) is 1. The molecule has 0 aromatic heterocycles. The Labute approximate surface area is 90.4 Å². The number of hydrogen-bond acceptors (Lipinski definition) is 3. The van der Waals surface area contributed by atoms with Crippen molar-refractivity contribution < 1.29 is 14.3 Å². The summed E-state index contributed by atoms with van der Waals surface area (Å²) < 4.78 is 13.1. The van der Waals surface area contributed by atoms with Crippen molar-refractivity contribution in [1.29, 1.82) is 0 Å². The molecule has 15 heavy (non-hydrogen) atoms. The van der Waals surface area contributed by atoms with E-state index in [0.29, 0.717) is 0 Å². The third-order valence-corrected chi connectivity index (χ3v) is 1.86. The molecule has 0 unspecified atom stereocenters. The summed E-state index contributed by atoms with van der Waals surface area (Å²) in [6, 6.07) is 4.18. The molecule has 0 heterocycles. The molecule has 1 aromatic carbocycles. The summed E-state index contributed by atoms with van der Waals surface area (Å²) in [5, 5.41) is 12.0. The molecule has 6 heteroatoms. The number of hydrogen-bond donors (Lipinski definition) is 2. The van der Waals surface area contributed by atoms with E-state index in [4.69, 9.17) is 16.7 Å². The van der Waals surface area contributed by atoms with Gasteiger partial charge in [0.25, 0.3) is 5.91 Å². The van der Waals surface area contributed by atoms with Crippen LogP contribution < -0.4 is 5.43 Å². The monoisotopic (exact) mass is 230 g/mol. The number of aliphatic hydroxyl groups excluding tert-OH is 1. The number of rotatable bonds is 3. The Kier molecular flexibility index (Phi) is 4.20. The first-order valence-corrected chi connectivity index (χ1v) is 4.39. The molecular weight excluding hydrogens is 223 g/mol. The number of aliphatic hydroxyl groups is 1. The summed E-state index contributed by atoms with van der Waals surface area (Å²) >= 11 is 5.69. The minimum atomic E-state index is -0.682. The lowest BCUT2D eigenvalue weighted by Gasteiger charge is -1.99. The van der Waals surface area contributed by atoms with Crippen LogP contribution in [0, 0.1) is 5.82 Å². The molecule has 0 saturated carbocycles. The van der Waals surface area contributed by atoms with E-state index in [0.717, 1.165) is 6.21 Å². The predicted octanol–water partition coefficient (Wildman–Crippen LogP) is 0.921. The lowest BCUT2D eigenvalue weighted by atomic mass is 10.2. The first-order chi connectivity index (χ1) is 7.15. The van der Waals surface area contributed by atoms with E-state index in [1.807, 2.05) is 5.43 Å². The fourth-order valence-corrected chi connectivity index (χ4v) is 1.05. The molecule has 0 fully saturated rings. The maximum absolute atomic E-state index is 13.1. The molecule has 2 N–H and O–H groups in total. The molecule has 0 aliphatic heterocycles. The number of amides is 1. The Morgan fingerprint density at radius 3 is 3.00 bits per heavy atom. The molecule has 0 aliphatic rings. The largest absolute Gasteiger partial charge is 0.386 e. The summed E-state index contributed by atoms with van der Waals surface area (Å²) in [6.45, 7) is -0.678. The van der Waals surface area contributed by atoms with E-state index in [1.54, 1.807) is 0 Å². The van der Waals surface area contributed by atoms with Crippen molar-refractivity contribution in [3.8, 4) is 0 Å². The smallest absolute Gasteiger partial charge is 0.265 e. The van der Waals surface area contributed by atoms with Crippen molar-refractivity contribution in [2.75, 3.05) is 6.61 Å². The fourth-order valence-electron chi connectivity index (χ4n) is 0.838. The first kappa shape index (κ1) is 11.6. The van der Waals surface area contributed by atoms with Crippen LogP contribution in [0.5, 0.6) is 0 Å². The second kappa shape index (κ2) is 5.43. The van der Waals surface area contributed by atoms with Gasteiger partial charge >= 0.3 is 0 Å². The molecule has 80 valence electrons. The maximum atomic E-state index is 13.1. The number of hydrazone groups is 1. The molecule has 1 aromatic rings. The Morgan fingerprint density at radius 2 is 2.40 bits per heavy atom. The second-order valence-electron chi connectivity index (χ2n) is 2.59. The average molecular weight is 231 g/mol. The van der Waals surface area contributed by atoms with Crippen molar-refractivity contribution in [3.05, 3.63) is 34.6 Å². The van der Waals surface area contributed by atoms with Gasteiger partial charge in [-0.3, -0.25) is 4.79 Å². The second-order valence-corrected chi connectivity index (χ2v) is 2.99. The quantitative estimate of drug-likeness (QED) is 0.599. The van der Waals surface area contributed by atoms with Gasteiger partial charge < -0.3 is 5.11 Å². The van der Waals surface area contributed by atoms with Crippen molar-refractivity contribution in [2.45, 2.75) is 0 Å². The fraction of sp³-hybridized carbons (Fsp3) is 0.111. The van der Waals surface area contributed by atoms with Crippen LogP contribution in [0.15, 0.2) is 23.3 Å². The SMILES string of the molecule is O=C(CO)NN=Cc1c(F)cccc1Cl. The van der Waals surface area contributed by atoms with Gasteiger partial charge in [0, 0.05) is 5.56 Å². The Morgan fingerprint density at radius 1 is 1.67 bits per heavy atom. The van der Waals surface area contributed by atoms with Crippen LogP contribution in [0.2, 0.25) is 5.02 Å². The van der Waals surface area contributed by atoms with Crippen LogP contribution in [0.4, 0.5) is 4.39 Å². The topological polar surface area (TPSA) is 61.7 Å². The third-order valence-electron chi connectivity index (χ3n) is 1.53. The van der Waals surface area contributed by atoms with Crippen molar-refractivity contribution in [2.24, 2.45) is 5.10 Å². The average Bonchev–Trinajstić information content (AvgIpc) is 2.22. The zero-order valence-corrected chi connectivity index (χ0v) is 8.33. The Bertz CT molecular complexity index is 375. The highest BCUT2D eigenvalue weighted by molar-refractivity contribution is 6.33. The molecule has 0 aliphatic carbocycles. The normalized spacial score (nSPS) is 10.6. The minimum absolute atomic E-state index is 0.0809. The van der Waals surface area contributed by atoms with E-state index >= 15 is 0 Å². The zero-order valence-electron chi connectivity index (χ0n) is 7.58. The van der Waals surface area contributed by atoms with Crippen LogP contribution in [0.1, 0.15) is 5.56 Å². The number of carbonyl (C=O) groups excluding carboxylic acids is 1. The summed E-state index contributed by atoms with van der Waals surface area (Å²) in [4.78, 5) is 10.6. The Balaban J connectivity index is 2.76. The molecule has 0 radical (unpaired) electrons. The zero-order chi connectivity index (χ0) is 11.3. The van der Waals surface area contributed by atoms with Gasteiger partial charge in [0.05, 0.1) is 11.2 Å². The number of carbonyl (C=O) groups is 1. The van der Waals surface area contributed by atoms with Gasteiger partial charge in [0.1, 0.15) is 12.4 Å². The lowest BCUT2D eigenvalue weighted by molar-refractivity contribution is -0.123. The van der Waals surface area contributed by atoms with Gasteiger partial charge in [-0.05, 0) is 12.1 Å². The lowest BCUT2D eigenvalue weighted by Crippen LogP contribution is -2.20. The van der Waals surface area contributed by atoms with Crippen LogP contribution in [-0.2, 0) is 4.79 Å². The van der Waals surface area contributed by atoms with E-state index in [-0.39, 0.29) is 10.6 Å². The molecule has 1 rings (SSSR count). The Hall–Kier alpha value is -1.46. The van der Waals surface area contributed by atoms with Gasteiger partial charge in [0.2, 0.25) is 0 Å².